The summed E-state index contributed by atoms with van der Waals surface area (Å²) in [7, 11) is 1.72. The van der Waals surface area contributed by atoms with Crippen molar-refractivity contribution in [3.8, 4) is 5.75 Å². The molecule has 1 N–H and O–H groups in total. The third-order valence-electron chi connectivity index (χ3n) is 4.51. The lowest BCUT2D eigenvalue weighted by atomic mass is 9.96. The Labute approximate surface area is 148 Å². The molecule has 3 aromatic carbocycles. The molecule has 0 saturated heterocycles. The molecule has 1 atom stereocenters. The number of para-hydroxylation sites is 3. The molecule has 0 saturated carbocycles. The van der Waals surface area contributed by atoms with Gasteiger partial charge in [-0.1, -0.05) is 60.7 Å². The highest BCUT2D eigenvalue weighted by molar-refractivity contribution is 6.04. The molecule has 0 amide bonds. The normalized spacial score (nSPS) is 16.2. The first-order valence-corrected chi connectivity index (χ1v) is 8.46. The third-order valence-corrected chi connectivity index (χ3v) is 4.51. The molecule has 1 aliphatic heterocycles. The largest absolute Gasteiger partial charge is 0.496 e. The van der Waals surface area contributed by atoms with Crippen LogP contribution in [0.1, 0.15) is 23.6 Å². The molecular formula is C22H20N2O. The van der Waals surface area contributed by atoms with E-state index in [4.69, 9.17) is 9.73 Å². The molecule has 124 valence electrons. The number of rotatable bonds is 3. The second kappa shape index (κ2) is 6.81. The molecule has 0 radical (unpaired) electrons. The SMILES string of the molecule is COc1ccccc1C1CC(c2ccccc2)=Nc2ccccc2N1. The minimum absolute atomic E-state index is 0.0961. The topological polar surface area (TPSA) is 33.6 Å². The number of aliphatic imine (C=N–C) groups is 1. The summed E-state index contributed by atoms with van der Waals surface area (Å²) in [4.78, 5) is 4.95. The van der Waals surface area contributed by atoms with Crippen molar-refractivity contribution in [2.24, 2.45) is 4.99 Å². The van der Waals surface area contributed by atoms with Crippen molar-refractivity contribution in [1.82, 2.24) is 0 Å². The number of methoxy groups -OCH3 is 1. The van der Waals surface area contributed by atoms with E-state index < -0.39 is 0 Å². The number of hydrogen-bond donors (Lipinski definition) is 1. The smallest absolute Gasteiger partial charge is 0.124 e. The standard InChI is InChI=1S/C22H20N2O/c1-25-22-14-8-5-11-17(22)21-15-20(16-9-3-2-4-10-16)23-18-12-6-7-13-19(18)24-21/h2-14,21,24H,15H2,1H3. The van der Waals surface area contributed by atoms with Crippen molar-refractivity contribution in [2.45, 2.75) is 12.5 Å². The molecule has 0 aromatic heterocycles. The number of hydrogen-bond acceptors (Lipinski definition) is 3. The van der Waals surface area contributed by atoms with Crippen molar-refractivity contribution in [2.75, 3.05) is 12.4 Å². The maximum atomic E-state index is 5.59. The Bertz CT molecular complexity index is 903. The summed E-state index contributed by atoms with van der Waals surface area (Å²) in [6, 6.07) is 26.8. The highest BCUT2D eigenvalue weighted by atomic mass is 16.5. The number of ether oxygens (including phenoxy) is 1. The van der Waals surface area contributed by atoms with Crippen LogP contribution in [0, 0.1) is 0 Å². The molecule has 3 heteroatoms. The molecule has 3 aromatic rings. The summed E-state index contributed by atoms with van der Waals surface area (Å²) in [5, 5.41) is 3.66. The lowest BCUT2D eigenvalue weighted by Crippen LogP contribution is -2.15. The van der Waals surface area contributed by atoms with E-state index in [1.807, 2.05) is 30.3 Å². The monoisotopic (exact) mass is 328 g/mol. The van der Waals surface area contributed by atoms with Crippen LogP contribution < -0.4 is 10.1 Å². The maximum Gasteiger partial charge on any atom is 0.124 e. The molecule has 1 unspecified atom stereocenters. The van der Waals surface area contributed by atoms with E-state index in [2.05, 4.69) is 53.8 Å². The van der Waals surface area contributed by atoms with E-state index in [0.717, 1.165) is 40.4 Å². The van der Waals surface area contributed by atoms with Gasteiger partial charge in [-0.05, 0) is 23.8 Å². The van der Waals surface area contributed by atoms with E-state index >= 15 is 0 Å². The zero-order valence-electron chi connectivity index (χ0n) is 14.1. The van der Waals surface area contributed by atoms with Crippen LogP contribution in [0.15, 0.2) is 83.9 Å². The number of nitrogens with one attached hydrogen (secondary N) is 1. The Balaban J connectivity index is 1.82. The van der Waals surface area contributed by atoms with E-state index in [-0.39, 0.29) is 6.04 Å². The highest BCUT2D eigenvalue weighted by Gasteiger charge is 2.23. The van der Waals surface area contributed by atoms with Crippen molar-refractivity contribution in [3.05, 3.63) is 90.0 Å². The minimum atomic E-state index is 0.0961. The molecule has 1 aliphatic rings. The van der Waals surface area contributed by atoms with Gasteiger partial charge in [-0.25, -0.2) is 0 Å². The zero-order valence-corrected chi connectivity index (χ0v) is 14.1. The van der Waals surface area contributed by atoms with Crippen LogP contribution >= 0.6 is 0 Å². The van der Waals surface area contributed by atoms with Gasteiger partial charge in [0.05, 0.1) is 30.2 Å². The van der Waals surface area contributed by atoms with E-state index in [1.54, 1.807) is 7.11 Å². The Hall–Kier alpha value is -3.07. The van der Waals surface area contributed by atoms with Gasteiger partial charge in [-0.15, -0.1) is 0 Å². The van der Waals surface area contributed by atoms with Crippen LogP contribution in [0.4, 0.5) is 11.4 Å². The summed E-state index contributed by atoms with van der Waals surface area (Å²) in [5.41, 5.74) is 5.39. The van der Waals surface area contributed by atoms with Gasteiger partial charge < -0.3 is 10.1 Å². The van der Waals surface area contributed by atoms with Crippen LogP contribution in [0.5, 0.6) is 5.75 Å². The predicted molar refractivity (Wildman–Crippen MR) is 103 cm³/mol. The molecule has 0 spiro atoms. The van der Waals surface area contributed by atoms with Crippen LogP contribution in [0.2, 0.25) is 0 Å². The van der Waals surface area contributed by atoms with Gasteiger partial charge in [0.1, 0.15) is 5.75 Å². The molecule has 1 heterocycles. The second-order valence-electron chi connectivity index (χ2n) is 6.08. The van der Waals surface area contributed by atoms with Gasteiger partial charge in [-0.2, -0.15) is 0 Å². The van der Waals surface area contributed by atoms with Crippen molar-refractivity contribution in [3.63, 3.8) is 0 Å². The molecular weight excluding hydrogens is 308 g/mol. The number of nitrogens with zero attached hydrogens (tertiary/aromatic N) is 1. The van der Waals surface area contributed by atoms with Gasteiger partial charge in [0, 0.05) is 12.0 Å². The number of fused-ring (bicyclic) bond motifs is 1. The Morgan fingerprint density at radius 3 is 2.44 bits per heavy atom. The van der Waals surface area contributed by atoms with Crippen LogP contribution in [0.3, 0.4) is 0 Å². The van der Waals surface area contributed by atoms with Crippen molar-refractivity contribution < 1.29 is 4.74 Å². The van der Waals surface area contributed by atoms with Gasteiger partial charge in [0.15, 0.2) is 0 Å². The average Bonchev–Trinajstić information content (AvgIpc) is 2.88. The van der Waals surface area contributed by atoms with Gasteiger partial charge in [0.2, 0.25) is 0 Å². The zero-order chi connectivity index (χ0) is 17.1. The molecule has 4 rings (SSSR count). The lowest BCUT2D eigenvalue weighted by molar-refractivity contribution is 0.407. The number of anilines is 1. The van der Waals surface area contributed by atoms with Crippen molar-refractivity contribution in [1.29, 1.82) is 0 Å². The summed E-state index contributed by atoms with van der Waals surface area (Å²) in [6.07, 6.45) is 0.791. The molecule has 0 bridgehead atoms. The maximum absolute atomic E-state index is 5.59. The Morgan fingerprint density at radius 1 is 0.880 bits per heavy atom. The predicted octanol–water partition coefficient (Wildman–Crippen LogP) is 5.37. The van der Waals surface area contributed by atoms with Gasteiger partial charge in [-0.3, -0.25) is 4.99 Å². The molecule has 0 fully saturated rings. The summed E-state index contributed by atoms with van der Waals surface area (Å²) in [5.74, 6) is 0.895. The molecule has 25 heavy (non-hydrogen) atoms. The highest BCUT2D eigenvalue weighted by Crippen LogP contribution is 2.37. The van der Waals surface area contributed by atoms with Gasteiger partial charge in [0.25, 0.3) is 0 Å². The van der Waals surface area contributed by atoms with E-state index in [9.17, 15) is 0 Å². The quantitative estimate of drug-likeness (QED) is 0.701. The Morgan fingerprint density at radius 2 is 1.60 bits per heavy atom. The van der Waals surface area contributed by atoms with Crippen LogP contribution in [-0.2, 0) is 0 Å². The minimum Gasteiger partial charge on any atom is -0.496 e. The lowest BCUT2D eigenvalue weighted by Gasteiger charge is -2.21. The fourth-order valence-electron chi connectivity index (χ4n) is 3.27. The fraction of sp³-hybridized carbons (Fsp3) is 0.136. The average molecular weight is 328 g/mol. The second-order valence-corrected chi connectivity index (χ2v) is 6.08. The summed E-state index contributed by atoms with van der Waals surface area (Å²) in [6.45, 7) is 0. The molecule has 3 nitrogen and oxygen atoms in total. The third kappa shape index (κ3) is 3.13. The van der Waals surface area contributed by atoms with Crippen molar-refractivity contribution >= 4 is 17.1 Å². The van der Waals surface area contributed by atoms with Gasteiger partial charge >= 0.3 is 0 Å². The summed E-state index contributed by atoms with van der Waals surface area (Å²) < 4.78 is 5.59. The number of benzene rings is 3. The molecule has 0 aliphatic carbocycles. The van der Waals surface area contributed by atoms with Crippen LogP contribution in [0.25, 0.3) is 0 Å². The first-order valence-electron chi connectivity index (χ1n) is 8.46. The first-order chi connectivity index (χ1) is 12.3. The van der Waals surface area contributed by atoms with Crippen LogP contribution in [-0.4, -0.2) is 12.8 Å². The summed E-state index contributed by atoms with van der Waals surface area (Å²) >= 11 is 0. The first kappa shape index (κ1) is 15.5. The Kier molecular flexibility index (Phi) is 4.21. The fourth-order valence-corrected chi connectivity index (χ4v) is 3.27. The van der Waals surface area contributed by atoms with E-state index in [0.29, 0.717) is 0 Å². The van der Waals surface area contributed by atoms with E-state index in [1.165, 1.54) is 0 Å².